The standard InChI is InChI=1S/C16H27N3O2/c1-5-19(12(2)9-18(3)4)10-14(17)13-6-7-15-16(8-13)21-11-20-15/h6-8,12,14H,5,9-11,17H2,1-4H3. The van der Waals surface area contributed by atoms with Crippen molar-refractivity contribution >= 4 is 0 Å². The first-order valence-corrected chi connectivity index (χ1v) is 7.55. The Labute approximate surface area is 127 Å². The number of ether oxygens (including phenoxy) is 2. The van der Waals surface area contributed by atoms with Crippen LogP contribution in [0.2, 0.25) is 0 Å². The number of nitrogens with two attached hydrogens (primary N) is 1. The minimum absolute atomic E-state index is 0.0240. The van der Waals surface area contributed by atoms with Gasteiger partial charge < -0.3 is 20.1 Å². The maximum atomic E-state index is 6.38. The van der Waals surface area contributed by atoms with Crippen molar-refractivity contribution in [2.24, 2.45) is 5.73 Å². The van der Waals surface area contributed by atoms with Crippen molar-refractivity contribution in [3.05, 3.63) is 23.8 Å². The molecule has 0 radical (unpaired) electrons. The molecular formula is C16H27N3O2. The lowest BCUT2D eigenvalue weighted by atomic mass is 10.1. The van der Waals surface area contributed by atoms with E-state index in [2.05, 4.69) is 37.7 Å². The van der Waals surface area contributed by atoms with Crippen LogP contribution in [0.4, 0.5) is 0 Å². The van der Waals surface area contributed by atoms with Gasteiger partial charge in [0.1, 0.15) is 0 Å². The SMILES string of the molecule is CCN(CC(N)c1ccc2c(c1)OCO2)C(C)CN(C)C. The molecule has 2 N–H and O–H groups in total. The van der Waals surface area contributed by atoms with Gasteiger partial charge in [0.05, 0.1) is 0 Å². The summed E-state index contributed by atoms with van der Waals surface area (Å²) in [7, 11) is 4.20. The lowest BCUT2D eigenvalue weighted by Gasteiger charge is -2.32. The summed E-state index contributed by atoms with van der Waals surface area (Å²) in [4.78, 5) is 4.62. The van der Waals surface area contributed by atoms with Crippen molar-refractivity contribution in [1.29, 1.82) is 0 Å². The van der Waals surface area contributed by atoms with Gasteiger partial charge in [-0.1, -0.05) is 13.0 Å². The molecule has 0 saturated carbocycles. The van der Waals surface area contributed by atoms with Gasteiger partial charge in [-0.15, -0.1) is 0 Å². The van der Waals surface area contributed by atoms with Crippen molar-refractivity contribution in [2.45, 2.75) is 25.9 Å². The van der Waals surface area contributed by atoms with Gasteiger partial charge in [0.2, 0.25) is 6.79 Å². The Morgan fingerprint density at radius 1 is 1.19 bits per heavy atom. The van der Waals surface area contributed by atoms with Crippen LogP contribution in [0.25, 0.3) is 0 Å². The molecule has 118 valence electrons. The normalized spacial score (nSPS) is 16.5. The van der Waals surface area contributed by atoms with Crippen LogP contribution in [0, 0.1) is 0 Å². The molecule has 1 aromatic rings. The summed E-state index contributed by atoms with van der Waals surface area (Å²) < 4.78 is 10.8. The van der Waals surface area contributed by atoms with E-state index in [4.69, 9.17) is 15.2 Å². The second-order valence-electron chi connectivity index (χ2n) is 5.92. The monoisotopic (exact) mass is 293 g/mol. The molecule has 2 unspecified atom stereocenters. The van der Waals surface area contributed by atoms with Crippen LogP contribution in [0.5, 0.6) is 11.5 Å². The average Bonchev–Trinajstić information content (AvgIpc) is 2.90. The van der Waals surface area contributed by atoms with E-state index in [1.165, 1.54) is 0 Å². The van der Waals surface area contributed by atoms with Crippen molar-refractivity contribution in [3.8, 4) is 11.5 Å². The topological polar surface area (TPSA) is 51.0 Å². The third kappa shape index (κ3) is 4.09. The van der Waals surface area contributed by atoms with E-state index in [-0.39, 0.29) is 6.04 Å². The summed E-state index contributed by atoms with van der Waals surface area (Å²) in [5.74, 6) is 1.60. The number of fused-ring (bicyclic) bond motifs is 1. The summed E-state index contributed by atoms with van der Waals surface area (Å²) in [5, 5.41) is 0. The van der Waals surface area contributed by atoms with Gasteiger partial charge in [-0.05, 0) is 45.3 Å². The number of hydrogen-bond donors (Lipinski definition) is 1. The van der Waals surface area contributed by atoms with E-state index in [0.29, 0.717) is 12.8 Å². The van der Waals surface area contributed by atoms with Gasteiger partial charge in [-0.3, -0.25) is 4.90 Å². The molecule has 1 heterocycles. The summed E-state index contributed by atoms with van der Waals surface area (Å²) in [6.07, 6.45) is 0. The molecule has 2 rings (SSSR count). The predicted molar refractivity (Wildman–Crippen MR) is 84.8 cm³/mol. The highest BCUT2D eigenvalue weighted by atomic mass is 16.7. The van der Waals surface area contributed by atoms with E-state index >= 15 is 0 Å². The first-order valence-electron chi connectivity index (χ1n) is 7.55. The molecule has 0 bridgehead atoms. The van der Waals surface area contributed by atoms with Gasteiger partial charge in [0.15, 0.2) is 11.5 Å². The van der Waals surface area contributed by atoms with Crippen LogP contribution < -0.4 is 15.2 Å². The van der Waals surface area contributed by atoms with Gasteiger partial charge in [0, 0.05) is 25.2 Å². The van der Waals surface area contributed by atoms with Crippen molar-refractivity contribution in [2.75, 3.05) is 40.5 Å². The van der Waals surface area contributed by atoms with Crippen LogP contribution in [0.1, 0.15) is 25.5 Å². The molecule has 0 saturated heterocycles. The second-order valence-corrected chi connectivity index (χ2v) is 5.92. The van der Waals surface area contributed by atoms with Crippen LogP contribution in [-0.4, -0.2) is 56.4 Å². The lowest BCUT2D eigenvalue weighted by Crippen LogP contribution is -2.43. The van der Waals surface area contributed by atoms with Gasteiger partial charge in [0.25, 0.3) is 0 Å². The lowest BCUT2D eigenvalue weighted by molar-refractivity contribution is 0.171. The molecule has 0 aromatic heterocycles. The minimum atomic E-state index is -0.0240. The molecule has 5 nitrogen and oxygen atoms in total. The Hall–Kier alpha value is -1.30. The fourth-order valence-corrected chi connectivity index (χ4v) is 2.77. The molecule has 21 heavy (non-hydrogen) atoms. The number of hydrogen-bond acceptors (Lipinski definition) is 5. The third-order valence-electron chi connectivity index (χ3n) is 3.91. The Balaban J connectivity index is 2.00. The molecule has 5 heteroatoms. The highest BCUT2D eigenvalue weighted by Gasteiger charge is 2.20. The van der Waals surface area contributed by atoms with Crippen LogP contribution >= 0.6 is 0 Å². The molecule has 1 aliphatic rings. The maximum Gasteiger partial charge on any atom is 0.231 e. The molecule has 0 aliphatic carbocycles. The fourth-order valence-electron chi connectivity index (χ4n) is 2.77. The van der Waals surface area contributed by atoms with Gasteiger partial charge in [-0.2, -0.15) is 0 Å². The third-order valence-corrected chi connectivity index (χ3v) is 3.91. The number of nitrogens with zero attached hydrogens (tertiary/aromatic N) is 2. The molecule has 1 aromatic carbocycles. The minimum Gasteiger partial charge on any atom is -0.454 e. The Bertz CT molecular complexity index is 465. The van der Waals surface area contributed by atoms with Gasteiger partial charge >= 0.3 is 0 Å². The largest absolute Gasteiger partial charge is 0.454 e. The number of benzene rings is 1. The molecular weight excluding hydrogens is 266 g/mol. The first kappa shape index (κ1) is 16.1. The van der Waals surface area contributed by atoms with E-state index in [1.54, 1.807) is 0 Å². The zero-order valence-corrected chi connectivity index (χ0v) is 13.5. The Morgan fingerprint density at radius 3 is 2.57 bits per heavy atom. The van der Waals surface area contributed by atoms with Crippen molar-refractivity contribution in [3.63, 3.8) is 0 Å². The first-order chi connectivity index (χ1) is 10.0. The average molecular weight is 293 g/mol. The zero-order chi connectivity index (χ0) is 15.4. The summed E-state index contributed by atoms with van der Waals surface area (Å²) in [6.45, 7) is 7.59. The highest BCUT2D eigenvalue weighted by molar-refractivity contribution is 5.45. The molecule has 0 fully saturated rings. The maximum absolute atomic E-state index is 6.38. The van der Waals surface area contributed by atoms with Gasteiger partial charge in [-0.25, -0.2) is 0 Å². The fraction of sp³-hybridized carbons (Fsp3) is 0.625. The van der Waals surface area contributed by atoms with Crippen LogP contribution in [0.3, 0.4) is 0 Å². The predicted octanol–water partition coefficient (Wildman–Crippen LogP) is 1.69. The van der Waals surface area contributed by atoms with Crippen LogP contribution in [-0.2, 0) is 0 Å². The zero-order valence-electron chi connectivity index (χ0n) is 13.5. The summed E-state index contributed by atoms with van der Waals surface area (Å²) in [5.41, 5.74) is 7.47. The molecule has 0 spiro atoms. The molecule has 1 aliphatic heterocycles. The summed E-state index contributed by atoms with van der Waals surface area (Å²) >= 11 is 0. The van der Waals surface area contributed by atoms with E-state index in [1.807, 2.05) is 18.2 Å². The Kier molecular flexibility index (Phi) is 5.45. The highest BCUT2D eigenvalue weighted by Crippen LogP contribution is 2.33. The van der Waals surface area contributed by atoms with E-state index < -0.39 is 0 Å². The Morgan fingerprint density at radius 2 is 1.90 bits per heavy atom. The second kappa shape index (κ2) is 7.11. The van der Waals surface area contributed by atoms with E-state index in [9.17, 15) is 0 Å². The number of likely N-dealkylation sites (N-methyl/N-ethyl adjacent to an activating group) is 2. The van der Waals surface area contributed by atoms with Crippen molar-refractivity contribution < 1.29 is 9.47 Å². The number of rotatable bonds is 7. The summed E-state index contributed by atoms with van der Waals surface area (Å²) in [6, 6.07) is 6.42. The quantitative estimate of drug-likeness (QED) is 0.829. The smallest absolute Gasteiger partial charge is 0.231 e. The van der Waals surface area contributed by atoms with E-state index in [0.717, 1.165) is 36.7 Å². The van der Waals surface area contributed by atoms with Crippen LogP contribution in [0.15, 0.2) is 18.2 Å². The molecule has 2 atom stereocenters. The molecule has 0 amide bonds. The van der Waals surface area contributed by atoms with Crippen molar-refractivity contribution in [1.82, 2.24) is 9.80 Å².